The third kappa shape index (κ3) is 3.66. The Morgan fingerprint density at radius 1 is 1.22 bits per heavy atom. The Morgan fingerprint density at radius 2 is 1.72 bits per heavy atom. The monoisotopic (exact) mass is 284 g/mol. The van der Waals surface area contributed by atoms with Gasteiger partial charge in [0.1, 0.15) is 5.69 Å². The van der Waals surface area contributed by atoms with Crippen LogP contribution in [0.25, 0.3) is 0 Å². The highest BCUT2D eigenvalue weighted by molar-refractivity contribution is 7.84. The third-order valence-electron chi connectivity index (χ3n) is 2.23. The van der Waals surface area contributed by atoms with Crippen molar-refractivity contribution in [1.82, 2.24) is 4.98 Å². The lowest BCUT2D eigenvalue weighted by Crippen LogP contribution is -2.21. The van der Waals surface area contributed by atoms with Crippen molar-refractivity contribution in [2.45, 2.75) is 19.4 Å². The Labute approximate surface area is 104 Å². The van der Waals surface area contributed by atoms with E-state index in [1.165, 1.54) is 6.26 Å². The fourth-order valence-electron chi connectivity index (χ4n) is 1.28. The zero-order valence-corrected chi connectivity index (χ0v) is 10.6. The molecule has 1 rings (SSSR count). The van der Waals surface area contributed by atoms with Crippen molar-refractivity contribution in [3.05, 3.63) is 23.5 Å². The Morgan fingerprint density at radius 3 is 2.17 bits per heavy atom. The summed E-state index contributed by atoms with van der Waals surface area (Å²) in [4.78, 5) is 2.44. The Hall–Kier alpha value is -1.18. The van der Waals surface area contributed by atoms with Crippen LogP contribution in [-0.4, -0.2) is 27.2 Å². The minimum atomic E-state index is -1.71. The summed E-state index contributed by atoms with van der Waals surface area (Å²) in [7, 11) is -1.05. The fourth-order valence-corrected chi connectivity index (χ4v) is 1.96. The summed E-state index contributed by atoms with van der Waals surface area (Å²) in [5.41, 5.74) is -0.894. The van der Waals surface area contributed by atoms with Crippen molar-refractivity contribution in [3.63, 3.8) is 0 Å². The molecule has 0 aliphatic heterocycles. The van der Waals surface area contributed by atoms with E-state index >= 15 is 0 Å². The second-order valence-corrected chi connectivity index (χ2v) is 5.36. The highest BCUT2D eigenvalue weighted by Crippen LogP contribution is 2.23. The van der Waals surface area contributed by atoms with E-state index in [9.17, 15) is 21.8 Å². The summed E-state index contributed by atoms with van der Waals surface area (Å²) in [6.07, 6.45) is 1.83. The van der Waals surface area contributed by atoms with Crippen molar-refractivity contribution in [1.29, 1.82) is 0 Å². The quantitative estimate of drug-likeness (QED) is 0.666. The van der Waals surface area contributed by atoms with Gasteiger partial charge in [0.05, 0.1) is 0 Å². The van der Waals surface area contributed by atoms with Gasteiger partial charge in [0.25, 0.3) is 11.9 Å². The van der Waals surface area contributed by atoms with Crippen molar-refractivity contribution in [2.75, 3.05) is 17.3 Å². The summed E-state index contributed by atoms with van der Waals surface area (Å²) in [6, 6.07) is -0.487. The topological polar surface area (TPSA) is 42.0 Å². The van der Waals surface area contributed by atoms with Gasteiger partial charge in [-0.2, -0.15) is 22.5 Å². The van der Waals surface area contributed by atoms with Crippen LogP contribution >= 0.6 is 0 Å². The summed E-state index contributed by atoms with van der Waals surface area (Å²) >= 11 is 0. The van der Waals surface area contributed by atoms with Crippen molar-refractivity contribution < 1.29 is 21.8 Å². The first kappa shape index (κ1) is 14.9. The van der Waals surface area contributed by atoms with E-state index in [0.717, 1.165) is 0 Å². The lowest BCUT2D eigenvalue weighted by Gasteiger charge is -2.15. The molecule has 0 saturated carbocycles. The minimum Gasteiger partial charge on any atom is -0.378 e. The van der Waals surface area contributed by atoms with Crippen LogP contribution in [0, 0.1) is 23.5 Å². The first-order valence-corrected chi connectivity index (χ1v) is 6.82. The third-order valence-corrected chi connectivity index (χ3v) is 3.04. The SMILES string of the molecule is CC(CCS(C)=O)Nc1c(F)c(F)nc(F)c1F. The molecule has 1 heterocycles. The minimum absolute atomic E-state index is 0.313. The van der Waals surface area contributed by atoms with E-state index in [0.29, 0.717) is 12.2 Å². The van der Waals surface area contributed by atoms with E-state index in [1.54, 1.807) is 6.92 Å². The second kappa shape index (κ2) is 6.12. The summed E-state index contributed by atoms with van der Waals surface area (Å²) in [5, 5.41) is 2.31. The average molecular weight is 284 g/mol. The van der Waals surface area contributed by atoms with E-state index in [4.69, 9.17) is 0 Å². The van der Waals surface area contributed by atoms with Crippen LogP contribution in [0.15, 0.2) is 0 Å². The normalized spacial score (nSPS) is 14.3. The first-order chi connectivity index (χ1) is 8.32. The lowest BCUT2D eigenvalue weighted by molar-refractivity contribution is 0.409. The van der Waals surface area contributed by atoms with E-state index in [2.05, 4.69) is 10.3 Å². The number of halogens is 4. The number of hydrogen-bond acceptors (Lipinski definition) is 3. The number of hydrogen-bond donors (Lipinski definition) is 1. The van der Waals surface area contributed by atoms with Crippen LogP contribution in [0.4, 0.5) is 23.2 Å². The molecule has 0 aliphatic carbocycles. The van der Waals surface area contributed by atoms with Gasteiger partial charge in [0, 0.05) is 28.9 Å². The molecule has 0 spiro atoms. The standard InChI is InChI=1S/C10H12F4N2OS/c1-5(3-4-18(2)17)15-8-6(11)9(13)16-10(14)7(8)12/h5H,3-4H2,1-2H3,(H,15,16). The number of anilines is 1. The molecule has 0 aliphatic rings. The molecule has 0 radical (unpaired) electrons. The van der Waals surface area contributed by atoms with Gasteiger partial charge in [-0.3, -0.25) is 4.21 Å². The summed E-state index contributed by atoms with van der Waals surface area (Å²) < 4.78 is 62.9. The number of pyridine rings is 1. The molecule has 0 fully saturated rings. The first-order valence-electron chi connectivity index (χ1n) is 5.09. The molecular weight excluding hydrogens is 272 g/mol. The Kier molecular flexibility index (Phi) is 5.06. The largest absolute Gasteiger partial charge is 0.378 e. The van der Waals surface area contributed by atoms with Gasteiger partial charge in [-0.25, -0.2) is 0 Å². The molecule has 0 saturated heterocycles. The van der Waals surface area contributed by atoms with Gasteiger partial charge >= 0.3 is 0 Å². The molecule has 1 N–H and O–H groups in total. The lowest BCUT2D eigenvalue weighted by atomic mass is 10.2. The average Bonchev–Trinajstić information content (AvgIpc) is 2.29. The van der Waals surface area contributed by atoms with Crippen LogP contribution in [0.5, 0.6) is 0 Å². The van der Waals surface area contributed by atoms with Gasteiger partial charge in [-0.15, -0.1) is 0 Å². The van der Waals surface area contributed by atoms with Gasteiger partial charge in [0.15, 0.2) is 0 Å². The van der Waals surface area contributed by atoms with Crippen LogP contribution < -0.4 is 5.32 Å². The van der Waals surface area contributed by atoms with Crippen molar-refractivity contribution in [2.24, 2.45) is 0 Å². The van der Waals surface area contributed by atoms with Crippen molar-refractivity contribution >= 4 is 16.5 Å². The molecule has 102 valence electrons. The maximum absolute atomic E-state index is 13.2. The molecular formula is C10H12F4N2OS. The number of nitrogens with zero attached hydrogens (tertiary/aromatic N) is 1. The van der Waals surface area contributed by atoms with E-state index < -0.39 is 46.1 Å². The van der Waals surface area contributed by atoms with Crippen LogP contribution in [0.2, 0.25) is 0 Å². The van der Waals surface area contributed by atoms with Crippen LogP contribution in [0.1, 0.15) is 13.3 Å². The maximum atomic E-state index is 13.2. The maximum Gasteiger partial charge on any atom is 0.253 e. The molecule has 2 atom stereocenters. The highest BCUT2D eigenvalue weighted by Gasteiger charge is 2.21. The van der Waals surface area contributed by atoms with Gasteiger partial charge in [-0.05, 0) is 13.3 Å². The van der Waals surface area contributed by atoms with E-state index in [-0.39, 0.29) is 0 Å². The number of nitrogens with one attached hydrogen (secondary N) is 1. The molecule has 2 unspecified atom stereocenters. The fraction of sp³-hybridized carbons (Fsp3) is 0.500. The molecule has 1 aromatic rings. The molecule has 8 heteroatoms. The van der Waals surface area contributed by atoms with Crippen molar-refractivity contribution in [3.8, 4) is 0 Å². The molecule has 0 amide bonds. The van der Waals surface area contributed by atoms with Crippen LogP contribution in [-0.2, 0) is 10.8 Å². The Bertz CT molecular complexity index is 443. The Balaban J connectivity index is 2.87. The van der Waals surface area contributed by atoms with Gasteiger partial charge in [0.2, 0.25) is 11.6 Å². The van der Waals surface area contributed by atoms with Gasteiger partial charge < -0.3 is 5.32 Å². The molecule has 0 bridgehead atoms. The predicted molar refractivity (Wildman–Crippen MR) is 60.7 cm³/mol. The molecule has 0 aromatic carbocycles. The predicted octanol–water partition coefficient (Wildman–Crippen LogP) is 2.21. The molecule has 1 aromatic heterocycles. The molecule has 18 heavy (non-hydrogen) atoms. The molecule has 3 nitrogen and oxygen atoms in total. The van der Waals surface area contributed by atoms with E-state index in [1.807, 2.05) is 0 Å². The summed E-state index contributed by atoms with van der Waals surface area (Å²) in [6.45, 7) is 1.56. The van der Waals surface area contributed by atoms with Gasteiger partial charge in [-0.1, -0.05) is 0 Å². The smallest absolute Gasteiger partial charge is 0.253 e. The zero-order valence-electron chi connectivity index (χ0n) is 9.77. The second-order valence-electron chi connectivity index (χ2n) is 3.81. The number of aromatic nitrogens is 1. The number of rotatable bonds is 5. The van der Waals surface area contributed by atoms with Crippen LogP contribution in [0.3, 0.4) is 0 Å². The zero-order chi connectivity index (χ0) is 13.9. The summed E-state index contributed by atoms with van der Waals surface area (Å²) in [5.74, 6) is -6.24. The highest BCUT2D eigenvalue weighted by atomic mass is 32.2.